The number of hydrogen-bond donors (Lipinski definition) is 1. The minimum absolute atomic E-state index is 0.00152. The third-order valence-electron chi connectivity index (χ3n) is 8.54. The second-order valence-corrected chi connectivity index (χ2v) is 10.7. The summed E-state index contributed by atoms with van der Waals surface area (Å²) in [4.78, 5) is 34.7. The number of hydrogen-bond acceptors (Lipinski definition) is 4. The van der Waals surface area contributed by atoms with Crippen LogP contribution in [0.2, 0.25) is 0 Å². The smallest absolute Gasteiger partial charge is 0.257 e. The largest absolute Gasteiger partial charge is 0.371 e. The van der Waals surface area contributed by atoms with Gasteiger partial charge in [-0.2, -0.15) is 0 Å². The third kappa shape index (κ3) is 4.52. The SMILES string of the molecule is O=C(NC1CCc2ccc(C(=O)N3CCC4(CCN(c5ccncc5)CC4)C3)cc21)c1c(F)cccc1F. The molecule has 3 heterocycles. The Labute approximate surface area is 220 Å². The molecule has 3 aromatic rings. The number of aromatic nitrogens is 1. The topological polar surface area (TPSA) is 65.5 Å². The van der Waals surface area contributed by atoms with Crippen molar-refractivity contribution in [1.82, 2.24) is 15.2 Å². The molecule has 1 aromatic heterocycles. The van der Waals surface area contributed by atoms with E-state index < -0.39 is 29.1 Å². The molecule has 1 N–H and O–H groups in total. The van der Waals surface area contributed by atoms with Gasteiger partial charge in [-0.15, -0.1) is 0 Å². The summed E-state index contributed by atoms with van der Waals surface area (Å²) in [6.07, 6.45) is 8.08. The van der Waals surface area contributed by atoms with Gasteiger partial charge in [0, 0.05) is 49.8 Å². The van der Waals surface area contributed by atoms with Crippen LogP contribution in [0.5, 0.6) is 0 Å². The first-order chi connectivity index (χ1) is 18.4. The van der Waals surface area contributed by atoms with Crippen LogP contribution in [0.1, 0.15) is 63.6 Å². The van der Waals surface area contributed by atoms with Crippen LogP contribution in [-0.4, -0.2) is 47.9 Å². The Hall–Kier alpha value is -3.81. The Kier molecular flexibility index (Phi) is 6.33. The predicted molar refractivity (Wildman–Crippen MR) is 140 cm³/mol. The highest BCUT2D eigenvalue weighted by Crippen LogP contribution is 2.42. The number of fused-ring (bicyclic) bond motifs is 1. The van der Waals surface area contributed by atoms with Crippen LogP contribution < -0.4 is 10.2 Å². The van der Waals surface area contributed by atoms with Crippen LogP contribution in [0, 0.1) is 17.0 Å². The molecule has 1 unspecified atom stereocenters. The number of nitrogens with zero attached hydrogens (tertiary/aromatic N) is 3. The first-order valence-corrected chi connectivity index (χ1v) is 13.2. The first-order valence-electron chi connectivity index (χ1n) is 13.2. The van der Waals surface area contributed by atoms with Crippen LogP contribution in [0.3, 0.4) is 0 Å². The second-order valence-electron chi connectivity index (χ2n) is 10.7. The van der Waals surface area contributed by atoms with E-state index in [2.05, 4.69) is 15.2 Å². The van der Waals surface area contributed by atoms with Crippen molar-refractivity contribution in [3.05, 3.63) is 94.8 Å². The molecule has 6 rings (SSSR count). The van der Waals surface area contributed by atoms with Gasteiger partial charge in [0.2, 0.25) is 0 Å². The third-order valence-corrected chi connectivity index (χ3v) is 8.54. The lowest BCUT2D eigenvalue weighted by Crippen LogP contribution is -2.42. The number of pyridine rings is 1. The van der Waals surface area contributed by atoms with Gasteiger partial charge in [0.15, 0.2) is 0 Å². The maximum atomic E-state index is 14.1. The number of aryl methyl sites for hydroxylation is 1. The maximum Gasteiger partial charge on any atom is 0.257 e. The molecule has 196 valence electrons. The van der Waals surface area contributed by atoms with Crippen molar-refractivity contribution in [3.8, 4) is 0 Å². The minimum Gasteiger partial charge on any atom is -0.371 e. The fraction of sp³-hybridized carbons (Fsp3) is 0.367. The van der Waals surface area contributed by atoms with E-state index in [1.807, 2.05) is 47.6 Å². The average Bonchev–Trinajstić information content (AvgIpc) is 3.53. The molecule has 2 aliphatic heterocycles. The molecular weight excluding hydrogens is 486 g/mol. The number of benzene rings is 2. The van der Waals surface area contributed by atoms with Crippen molar-refractivity contribution < 1.29 is 18.4 Å². The number of rotatable bonds is 4. The number of anilines is 1. The predicted octanol–water partition coefficient (Wildman–Crippen LogP) is 4.91. The molecule has 2 fully saturated rings. The molecule has 38 heavy (non-hydrogen) atoms. The monoisotopic (exact) mass is 516 g/mol. The lowest BCUT2D eigenvalue weighted by atomic mass is 9.77. The fourth-order valence-corrected chi connectivity index (χ4v) is 6.32. The fourth-order valence-electron chi connectivity index (χ4n) is 6.32. The van der Waals surface area contributed by atoms with E-state index in [0.29, 0.717) is 12.0 Å². The summed E-state index contributed by atoms with van der Waals surface area (Å²) in [6.45, 7) is 3.42. The molecule has 2 saturated heterocycles. The van der Waals surface area contributed by atoms with Gasteiger partial charge in [0.25, 0.3) is 11.8 Å². The summed E-state index contributed by atoms with van der Waals surface area (Å²) in [5.41, 5.74) is 3.25. The highest BCUT2D eigenvalue weighted by Gasteiger charge is 2.42. The Morgan fingerprint density at radius 1 is 0.947 bits per heavy atom. The van der Waals surface area contributed by atoms with Crippen LogP contribution in [0.25, 0.3) is 0 Å². The van der Waals surface area contributed by atoms with Gasteiger partial charge >= 0.3 is 0 Å². The number of amides is 2. The Bertz CT molecular complexity index is 1350. The summed E-state index contributed by atoms with van der Waals surface area (Å²) < 4.78 is 28.2. The Morgan fingerprint density at radius 3 is 2.39 bits per heavy atom. The van der Waals surface area contributed by atoms with E-state index in [0.717, 1.165) is 75.1 Å². The normalized spacial score (nSPS) is 20.0. The first kappa shape index (κ1) is 24.5. The van der Waals surface area contributed by atoms with Crippen molar-refractivity contribution in [2.75, 3.05) is 31.1 Å². The highest BCUT2D eigenvalue weighted by molar-refractivity contribution is 5.96. The van der Waals surface area contributed by atoms with E-state index in [1.165, 1.54) is 11.8 Å². The van der Waals surface area contributed by atoms with Gasteiger partial charge in [-0.05, 0) is 85.0 Å². The second kappa shape index (κ2) is 9.82. The zero-order valence-corrected chi connectivity index (χ0v) is 21.1. The van der Waals surface area contributed by atoms with Gasteiger partial charge in [-0.3, -0.25) is 14.6 Å². The lowest BCUT2D eigenvalue weighted by molar-refractivity contribution is 0.0764. The van der Waals surface area contributed by atoms with Crippen LogP contribution in [0.15, 0.2) is 60.9 Å². The standard InChI is InChI=1S/C30H30F2N4O2/c31-24-2-1-3-25(32)27(24)28(37)34-26-7-6-20-4-5-21(18-23(20)26)29(38)36-17-12-30(19-36)10-15-35(16-11-30)22-8-13-33-14-9-22/h1-5,8-9,13-14,18,26H,6-7,10-12,15-17,19H2,(H,34,37). The van der Waals surface area contributed by atoms with E-state index in [-0.39, 0.29) is 11.3 Å². The van der Waals surface area contributed by atoms with E-state index in [1.54, 1.807) is 0 Å². The minimum atomic E-state index is -0.890. The summed E-state index contributed by atoms with van der Waals surface area (Å²) in [6, 6.07) is 12.7. The molecule has 3 aliphatic rings. The molecule has 2 amide bonds. The van der Waals surface area contributed by atoms with Crippen molar-refractivity contribution in [3.63, 3.8) is 0 Å². The van der Waals surface area contributed by atoms with Crippen molar-refractivity contribution in [2.24, 2.45) is 5.41 Å². The summed E-state index contributed by atoms with van der Waals surface area (Å²) in [5, 5.41) is 2.78. The molecule has 6 nitrogen and oxygen atoms in total. The van der Waals surface area contributed by atoms with Gasteiger partial charge in [0.1, 0.15) is 17.2 Å². The number of likely N-dealkylation sites (tertiary alicyclic amines) is 1. The van der Waals surface area contributed by atoms with Crippen LogP contribution >= 0.6 is 0 Å². The van der Waals surface area contributed by atoms with E-state index >= 15 is 0 Å². The number of carbonyl (C=O) groups is 2. The molecule has 0 bridgehead atoms. The number of piperidine rings is 1. The molecule has 1 aliphatic carbocycles. The number of carbonyl (C=O) groups excluding carboxylic acids is 2. The quantitative estimate of drug-likeness (QED) is 0.535. The van der Waals surface area contributed by atoms with Crippen molar-refractivity contribution in [1.29, 1.82) is 0 Å². The van der Waals surface area contributed by atoms with Gasteiger partial charge in [-0.1, -0.05) is 12.1 Å². The summed E-state index contributed by atoms with van der Waals surface area (Å²) in [7, 11) is 0. The van der Waals surface area contributed by atoms with Gasteiger partial charge in [0.05, 0.1) is 6.04 Å². The molecule has 8 heteroatoms. The highest BCUT2D eigenvalue weighted by atomic mass is 19.1. The Morgan fingerprint density at radius 2 is 1.66 bits per heavy atom. The van der Waals surface area contributed by atoms with Gasteiger partial charge < -0.3 is 15.1 Å². The molecule has 1 spiro atoms. The number of halogens is 2. The van der Waals surface area contributed by atoms with Crippen molar-refractivity contribution >= 4 is 17.5 Å². The van der Waals surface area contributed by atoms with Crippen LogP contribution in [0.4, 0.5) is 14.5 Å². The van der Waals surface area contributed by atoms with Gasteiger partial charge in [-0.25, -0.2) is 8.78 Å². The zero-order chi connectivity index (χ0) is 26.3. The van der Waals surface area contributed by atoms with E-state index in [4.69, 9.17) is 0 Å². The summed E-state index contributed by atoms with van der Waals surface area (Å²) >= 11 is 0. The number of nitrogens with one attached hydrogen (secondary N) is 1. The molecular formula is C30H30F2N4O2. The maximum absolute atomic E-state index is 14.1. The Balaban J connectivity index is 1.12. The summed E-state index contributed by atoms with van der Waals surface area (Å²) in [5.74, 6) is -2.56. The zero-order valence-electron chi connectivity index (χ0n) is 21.1. The lowest BCUT2D eigenvalue weighted by Gasteiger charge is -2.40. The van der Waals surface area contributed by atoms with Crippen molar-refractivity contribution in [2.45, 2.75) is 38.1 Å². The average molecular weight is 517 g/mol. The molecule has 0 radical (unpaired) electrons. The van der Waals surface area contributed by atoms with E-state index in [9.17, 15) is 18.4 Å². The molecule has 1 atom stereocenters. The molecule has 2 aromatic carbocycles. The molecule has 0 saturated carbocycles. The van der Waals surface area contributed by atoms with Crippen LogP contribution in [-0.2, 0) is 6.42 Å².